The molecule has 25 heavy (non-hydrogen) atoms. The first-order valence-corrected chi connectivity index (χ1v) is 7.75. The second-order valence-corrected chi connectivity index (χ2v) is 5.65. The molecule has 1 saturated heterocycles. The minimum absolute atomic E-state index is 0. The maximum absolute atomic E-state index is 12.7. The maximum atomic E-state index is 12.7. The minimum Gasteiger partial charge on any atom is -0.486 e. The van der Waals surface area contributed by atoms with Crippen molar-refractivity contribution in [1.82, 2.24) is 14.9 Å². The topological polar surface area (TPSA) is 81.3 Å². The normalized spacial score (nSPS) is 16.4. The lowest BCUT2D eigenvalue weighted by atomic mass is 10.1. The van der Waals surface area contributed by atoms with Crippen molar-refractivity contribution in [2.75, 3.05) is 13.1 Å². The molecule has 0 radical (unpaired) electrons. The van der Waals surface area contributed by atoms with Crippen LogP contribution in [0.5, 0.6) is 5.75 Å². The highest BCUT2D eigenvalue weighted by molar-refractivity contribution is 5.95. The van der Waals surface area contributed by atoms with Crippen LogP contribution >= 0.6 is 24.8 Å². The molecule has 1 amide bonds. The summed E-state index contributed by atoms with van der Waals surface area (Å²) in [5, 5.41) is 0. The standard InChI is InChI=1S/C17H20N4O2.2ClH/c18-14-3-2-10-21(11-14)17(22)16-15(4-1-7-20-16)23-12-13-5-8-19-9-6-13;;/h1,4-9,14H,2-3,10-12,18H2;2*1H. The van der Waals surface area contributed by atoms with Crippen LogP contribution in [0.25, 0.3) is 0 Å². The number of aromatic nitrogens is 2. The predicted octanol–water partition coefficient (Wildman–Crippen LogP) is 2.46. The first-order chi connectivity index (χ1) is 11.2. The highest BCUT2D eigenvalue weighted by Gasteiger charge is 2.25. The molecule has 2 aromatic heterocycles. The van der Waals surface area contributed by atoms with Gasteiger partial charge >= 0.3 is 0 Å². The fourth-order valence-corrected chi connectivity index (χ4v) is 2.65. The molecule has 3 heterocycles. The van der Waals surface area contributed by atoms with Crippen LogP contribution in [-0.4, -0.2) is 39.9 Å². The van der Waals surface area contributed by atoms with E-state index in [1.54, 1.807) is 35.6 Å². The zero-order chi connectivity index (χ0) is 16.1. The molecule has 136 valence electrons. The van der Waals surface area contributed by atoms with Gasteiger partial charge in [0.1, 0.15) is 6.61 Å². The lowest BCUT2D eigenvalue weighted by Gasteiger charge is -2.30. The molecule has 1 atom stereocenters. The summed E-state index contributed by atoms with van der Waals surface area (Å²) in [6.07, 6.45) is 6.91. The fourth-order valence-electron chi connectivity index (χ4n) is 2.65. The summed E-state index contributed by atoms with van der Waals surface area (Å²) in [6.45, 7) is 1.65. The van der Waals surface area contributed by atoms with Crippen LogP contribution in [0.2, 0.25) is 0 Å². The number of rotatable bonds is 4. The Morgan fingerprint density at radius 2 is 2.00 bits per heavy atom. The number of halogens is 2. The zero-order valence-electron chi connectivity index (χ0n) is 13.7. The van der Waals surface area contributed by atoms with E-state index in [4.69, 9.17) is 10.5 Å². The Morgan fingerprint density at radius 1 is 1.24 bits per heavy atom. The SMILES string of the molecule is Cl.Cl.NC1CCCN(C(=O)c2ncccc2OCc2ccncc2)C1. The van der Waals surface area contributed by atoms with Gasteiger partial charge < -0.3 is 15.4 Å². The molecule has 3 rings (SSSR count). The van der Waals surface area contributed by atoms with Crippen LogP contribution in [0.1, 0.15) is 28.9 Å². The number of likely N-dealkylation sites (tertiary alicyclic amines) is 1. The van der Waals surface area contributed by atoms with E-state index in [0.29, 0.717) is 31.1 Å². The molecule has 2 aromatic rings. The molecule has 0 spiro atoms. The van der Waals surface area contributed by atoms with Gasteiger partial charge in [-0.2, -0.15) is 0 Å². The molecule has 0 saturated carbocycles. The van der Waals surface area contributed by atoms with Crippen molar-refractivity contribution in [3.05, 3.63) is 54.1 Å². The number of hydrogen-bond acceptors (Lipinski definition) is 5. The van der Waals surface area contributed by atoms with Crippen molar-refractivity contribution in [3.8, 4) is 5.75 Å². The van der Waals surface area contributed by atoms with Gasteiger partial charge in [0.2, 0.25) is 0 Å². The molecule has 0 aliphatic carbocycles. The molecule has 1 aliphatic rings. The van der Waals surface area contributed by atoms with E-state index in [2.05, 4.69) is 9.97 Å². The van der Waals surface area contributed by atoms with Crippen LogP contribution in [-0.2, 0) is 6.61 Å². The molecular weight excluding hydrogens is 363 g/mol. The largest absolute Gasteiger partial charge is 0.486 e. The first-order valence-electron chi connectivity index (χ1n) is 7.75. The van der Waals surface area contributed by atoms with Crippen LogP contribution in [0, 0.1) is 0 Å². The van der Waals surface area contributed by atoms with E-state index in [1.165, 1.54) is 0 Å². The third kappa shape index (κ3) is 5.56. The Balaban J connectivity index is 0.00000156. The quantitative estimate of drug-likeness (QED) is 0.875. The lowest BCUT2D eigenvalue weighted by Crippen LogP contribution is -2.46. The maximum Gasteiger partial charge on any atom is 0.276 e. The molecule has 8 heteroatoms. The molecule has 6 nitrogen and oxygen atoms in total. The number of pyridine rings is 2. The summed E-state index contributed by atoms with van der Waals surface area (Å²) in [5.74, 6) is 0.374. The van der Waals surface area contributed by atoms with Gasteiger partial charge in [0.25, 0.3) is 5.91 Å². The van der Waals surface area contributed by atoms with Crippen molar-refractivity contribution >= 4 is 30.7 Å². The van der Waals surface area contributed by atoms with Crippen molar-refractivity contribution in [1.29, 1.82) is 0 Å². The third-order valence-corrected chi connectivity index (χ3v) is 3.86. The number of amides is 1. The Morgan fingerprint density at radius 3 is 2.72 bits per heavy atom. The molecular formula is C17H22Cl2N4O2. The number of nitrogens with zero attached hydrogens (tertiary/aromatic N) is 3. The summed E-state index contributed by atoms with van der Waals surface area (Å²) in [5.41, 5.74) is 7.29. The number of ether oxygens (including phenoxy) is 1. The van der Waals surface area contributed by atoms with Gasteiger partial charge in [0.05, 0.1) is 0 Å². The van der Waals surface area contributed by atoms with Crippen molar-refractivity contribution < 1.29 is 9.53 Å². The second kappa shape index (κ2) is 10.2. The summed E-state index contributed by atoms with van der Waals surface area (Å²) < 4.78 is 5.79. The first kappa shape index (κ1) is 21.2. The van der Waals surface area contributed by atoms with Gasteiger partial charge in [-0.1, -0.05) is 0 Å². The number of carbonyl (C=O) groups is 1. The van der Waals surface area contributed by atoms with Crippen LogP contribution in [0.4, 0.5) is 0 Å². The second-order valence-electron chi connectivity index (χ2n) is 5.65. The van der Waals surface area contributed by atoms with Gasteiger partial charge in [0.15, 0.2) is 11.4 Å². The molecule has 1 aliphatic heterocycles. The smallest absolute Gasteiger partial charge is 0.276 e. The van der Waals surface area contributed by atoms with E-state index >= 15 is 0 Å². The van der Waals surface area contributed by atoms with E-state index in [9.17, 15) is 4.79 Å². The highest BCUT2D eigenvalue weighted by Crippen LogP contribution is 2.20. The summed E-state index contributed by atoms with van der Waals surface area (Å²) in [4.78, 5) is 22.7. The summed E-state index contributed by atoms with van der Waals surface area (Å²) in [6, 6.07) is 7.33. The Kier molecular flexibility index (Phi) is 8.61. The third-order valence-electron chi connectivity index (χ3n) is 3.86. The monoisotopic (exact) mass is 384 g/mol. The zero-order valence-corrected chi connectivity index (χ0v) is 15.3. The van der Waals surface area contributed by atoms with Gasteiger partial charge in [-0.15, -0.1) is 24.8 Å². The average molecular weight is 385 g/mol. The summed E-state index contributed by atoms with van der Waals surface area (Å²) in [7, 11) is 0. The predicted molar refractivity (Wildman–Crippen MR) is 100 cm³/mol. The van der Waals surface area contributed by atoms with Crippen molar-refractivity contribution in [2.45, 2.75) is 25.5 Å². The fraction of sp³-hybridized carbons (Fsp3) is 0.353. The average Bonchev–Trinajstić information content (AvgIpc) is 2.60. The molecule has 2 N–H and O–H groups in total. The van der Waals surface area contributed by atoms with E-state index in [1.807, 2.05) is 12.1 Å². The van der Waals surface area contributed by atoms with Gasteiger partial charge in [0, 0.05) is 37.7 Å². The van der Waals surface area contributed by atoms with Crippen LogP contribution in [0.3, 0.4) is 0 Å². The van der Waals surface area contributed by atoms with Gasteiger partial charge in [-0.25, -0.2) is 4.98 Å². The molecule has 1 fully saturated rings. The number of piperidine rings is 1. The van der Waals surface area contributed by atoms with E-state index in [0.717, 1.165) is 18.4 Å². The van der Waals surface area contributed by atoms with Crippen LogP contribution < -0.4 is 10.5 Å². The van der Waals surface area contributed by atoms with E-state index < -0.39 is 0 Å². The van der Waals surface area contributed by atoms with Gasteiger partial charge in [-0.05, 0) is 42.7 Å². The molecule has 0 aromatic carbocycles. The van der Waals surface area contributed by atoms with Crippen molar-refractivity contribution in [3.63, 3.8) is 0 Å². The lowest BCUT2D eigenvalue weighted by molar-refractivity contribution is 0.0697. The van der Waals surface area contributed by atoms with Crippen LogP contribution in [0.15, 0.2) is 42.9 Å². The minimum atomic E-state index is -0.120. The Hall–Kier alpha value is -1.89. The highest BCUT2D eigenvalue weighted by atomic mass is 35.5. The number of nitrogens with two attached hydrogens (primary N) is 1. The molecule has 1 unspecified atom stereocenters. The van der Waals surface area contributed by atoms with Crippen molar-refractivity contribution in [2.24, 2.45) is 5.73 Å². The van der Waals surface area contributed by atoms with Gasteiger partial charge in [-0.3, -0.25) is 9.78 Å². The number of hydrogen-bond donors (Lipinski definition) is 1. The molecule has 0 bridgehead atoms. The summed E-state index contributed by atoms with van der Waals surface area (Å²) >= 11 is 0. The van der Waals surface area contributed by atoms with E-state index in [-0.39, 0.29) is 36.8 Å². The number of carbonyl (C=O) groups excluding carboxylic acids is 1. The Bertz CT molecular complexity index is 673. The Labute approximate surface area is 159 Å².